The van der Waals surface area contributed by atoms with Gasteiger partial charge in [-0.05, 0) is 217 Å². The summed E-state index contributed by atoms with van der Waals surface area (Å²) in [6, 6.07) is 168. The van der Waals surface area contributed by atoms with Crippen molar-refractivity contribution in [2.45, 2.75) is 35.5 Å². The standard InChI is InChI=1S/C71H42N2S.C61H38N2S/c1-3-21-44(22-4-1)70(45-23-5-2-6-24-45)56-32-13-9-28-49(56)54-42-63-55(41-61(54)70)66-52-31-12-18-37-64(52)74-69(66)73(63)46-25-19-20-43(40-46)68-53-38-39-60-67(65(53)51-30-11-17-36-62(51)72-68)50-29-10-16-35-59(50)71(60)57-33-14-7-26-47(57)48-27-8-15-34-58(48)71;1-60(2)46-24-9-3-20-39(46)44-34-53-45(33-51(44)60)56-42-23-8-14-29-54(42)64-59(56)63(53)36-17-15-16-35(32-36)58-43-30-31-50-57(55(43)41-22-7-13-28-52(41)62-58)40-21-6-12-27-49(40)61(50)47-25-10-4-18-37(47)38-19-5-11-26-48(38)61/h1-42H;3-34H,1-2H3. The summed E-state index contributed by atoms with van der Waals surface area (Å²) in [6.45, 7) is 4.76. The van der Waals surface area contributed by atoms with Crippen molar-refractivity contribution in [1.82, 2.24) is 19.1 Å². The summed E-state index contributed by atoms with van der Waals surface area (Å²) >= 11 is 3.78. The Morgan fingerprint density at radius 3 is 0.964 bits per heavy atom. The van der Waals surface area contributed by atoms with E-state index in [-0.39, 0.29) is 5.41 Å². The number of benzene rings is 20. The van der Waals surface area contributed by atoms with E-state index in [2.05, 4.69) is 472 Å². The fourth-order valence-corrected chi connectivity index (χ4v) is 29.4. The molecule has 0 atom stereocenters. The summed E-state index contributed by atoms with van der Waals surface area (Å²) in [4.78, 5) is 13.7. The van der Waals surface area contributed by atoms with E-state index in [4.69, 9.17) is 9.97 Å². The largest absolute Gasteiger partial charge is 0.301 e. The minimum absolute atomic E-state index is 0.0893. The van der Waals surface area contributed by atoms with Crippen LogP contribution in [0.15, 0.2) is 449 Å². The number of thiophene rings is 2. The van der Waals surface area contributed by atoms with Gasteiger partial charge in [0.25, 0.3) is 0 Å². The Bertz CT molecular complexity index is 9790. The minimum atomic E-state index is -0.503. The van der Waals surface area contributed by atoms with Crippen molar-refractivity contribution in [1.29, 1.82) is 0 Å². The lowest BCUT2D eigenvalue weighted by Gasteiger charge is -2.34. The average molecular weight is 1790 g/mol. The molecule has 0 saturated carbocycles. The summed E-state index contributed by atoms with van der Waals surface area (Å²) in [6.07, 6.45) is 0. The highest BCUT2D eigenvalue weighted by molar-refractivity contribution is 7.26. The van der Waals surface area contributed by atoms with Gasteiger partial charge in [-0.25, -0.2) is 9.97 Å². The Balaban J connectivity index is 0.000000129. The monoisotopic (exact) mass is 1780 g/mol. The molecule has 20 aromatic carbocycles. The molecule has 0 unspecified atom stereocenters. The average Bonchev–Trinajstić information content (AvgIpc) is 1.50. The normalized spacial score (nSPS) is 14.4. The highest BCUT2D eigenvalue weighted by Gasteiger charge is 2.55. The number of fused-ring (bicyclic) bond motifs is 44. The summed E-state index contributed by atoms with van der Waals surface area (Å²) in [5.41, 5.74) is 43.9. The number of hydrogen-bond donors (Lipinski definition) is 0. The SMILES string of the molecule is CC1(C)c2ccccc2-c2cc3c(cc21)c1c2ccccc2sc1n3-c1cccc(-c2nc3ccccc3c3c4c(ccc23)C2(c3ccccc3-c3ccccc32)c2ccccc2-4)c1.c1ccc(C2(c3ccccc3)c3ccccc3-c3cc4c(cc32)c2c3ccccc3sc2n4-c2cccc(-c3nc4ccccc4c4c5c(ccc34)C3(c4ccccc4-c4ccccc43)c3ccccc3-5)c2)cc1. The van der Waals surface area contributed by atoms with Crippen LogP contribution in [0, 0.1) is 0 Å². The van der Waals surface area contributed by atoms with Gasteiger partial charge in [0.2, 0.25) is 0 Å². The molecule has 0 fully saturated rings. The van der Waals surface area contributed by atoms with Crippen LogP contribution in [0.2, 0.25) is 0 Å². The van der Waals surface area contributed by atoms with E-state index in [1.165, 1.54) is 234 Å². The van der Waals surface area contributed by atoms with Crippen molar-refractivity contribution in [2.75, 3.05) is 0 Å². The molecule has 26 aromatic rings. The van der Waals surface area contributed by atoms with E-state index in [1.807, 2.05) is 22.7 Å². The van der Waals surface area contributed by atoms with Gasteiger partial charge in [-0.2, -0.15) is 0 Å². The summed E-state index contributed by atoms with van der Waals surface area (Å²) in [7, 11) is 0. The number of hydrogen-bond acceptors (Lipinski definition) is 4. The van der Waals surface area contributed by atoms with Gasteiger partial charge in [0.1, 0.15) is 9.66 Å². The van der Waals surface area contributed by atoms with Crippen molar-refractivity contribution in [2.24, 2.45) is 0 Å². The van der Waals surface area contributed by atoms with Crippen LogP contribution in [-0.2, 0) is 21.7 Å². The molecule has 0 saturated heterocycles. The Hall–Kier alpha value is -16.7. The maximum absolute atomic E-state index is 5.64. The molecule has 2 spiro atoms. The lowest BCUT2D eigenvalue weighted by molar-refractivity contribution is 0.661. The second kappa shape index (κ2) is 28.0. The maximum atomic E-state index is 5.64. The van der Waals surface area contributed by atoms with Gasteiger partial charge in [-0.1, -0.05) is 390 Å². The second-order valence-electron chi connectivity index (χ2n) is 38.9. The van der Waals surface area contributed by atoms with Crippen molar-refractivity contribution < 1.29 is 0 Å². The first-order chi connectivity index (χ1) is 68.2. The van der Waals surface area contributed by atoms with Crippen LogP contribution in [0.5, 0.6) is 0 Å². The third-order valence-corrected chi connectivity index (χ3v) is 34.6. The van der Waals surface area contributed by atoms with Gasteiger partial charge in [-0.3, -0.25) is 0 Å². The van der Waals surface area contributed by atoms with Gasteiger partial charge in [-0.15, -0.1) is 22.7 Å². The van der Waals surface area contributed by atoms with E-state index >= 15 is 0 Å². The molecule has 6 aliphatic carbocycles. The topological polar surface area (TPSA) is 35.6 Å². The van der Waals surface area contributed by atoms with E-state index in [0.717, 1.165) is 50.3 Å². The van der Waals surface area contributed by atoms with E-state index in [0.29, 0.717) is 0 Å². The quantitative estimate of drug-likeness (QED) is 0.156. The van der Waals surface area contributed by atoms with Crippen molar-refractivity contribution in [3.63, 3.8) is 0 Å². The van der Waals surface area contributed by atoms with Gasteiger partial charge in [0.15, 0.2) is 0 Å². The zero-order valence-electron chi connectivity index (χ0n) is 75.3. The molecule has 4 nitrogen and oxygen atoms in total. The minimum Gasteiger partial charge on any atom is -0.301 e. The van der Waals surface area contributed by atoms with Gasteiger partial charge >= 0.3 is 0 Å². The van der Waals surface area contributed by atoms with Crippen molar-refractivity contribution >= 4 is 128 Å². The van der Waals surface area contributed by atoms with Crippen molar-refractivity contribution in [3.8, 4) is 101 Å². The smallest absolute Gasteiger partial charge is 0.109 e. The van der Waals surface area contributed by atoms with Gasteiger partial charge < -0.3 is 9.13 Å². The zero-order valence-corrected chi connectivity index (χ0v) is 77.0. The van der Waals surface area contributed by atoms with Crippen LogP contribution < -0.4 is 0 Å². The molecule has 0 aliphatic heterocycles. The number of rotatable bonds is 6. The molecule has 6 aromatic heterocycles. The Kier molecular flexibility index (Phi) is 15.5. The second-order valence-corrected chi connectivity index (χ2v) is 41.0. The first-order valence-corrected chi connectivity index (χ1v) is 49.7. The van der Waals surface area contributed by atoms with Crippen molar-refractivity contribution in [3.05, 3.63) is 527 Å². The van der Waals surface area contributed by atoms with Crippen LogP contribution in [0.4, 0.5) is 0 Å². The molecule has 6 aliphatic rings. The molecule has 0 radical (unpaired) electrons. The summed E-state index contributed by atoms with van der Waals surface area (Å²) in [5, 5.41) is 15.0. The third kappa shape index (κ3) is 9.77. The number of aromatic nitrogens is 4. The lowest BCUT2D eigenvalue weighted by atomic mass is 9.67. The van der Waals surface area contributed by atoms with E-state index in [1.54, 1.807) is 0 Å². The van der Waals surface area contributed by atoms with E-state index < -0.39 is 16.2 Å². The fourth-order valence-electron chi connectivity index (χ4n) is 26.9. The molecular weight excluding hydrogens is 1710 g/mol. The first kappa shape index (κ1) is 76.6. The van der Waals surface area contributed by atoms with Gasteiger partial charge in [0.05, 0.1) is 49.7 Å². The molecular formula is C132H80N4S2. The molecule has 6 heteroatoms. The van der Waals surface area contributed by atoms with Crippen LogP contribution in [0.1, 0.15) is 91.7 Å². The van der Waals surface area contributed by atoms with Crippen LogP contribution in [-0.4, -0.2) is 19.1 Å². The number of nitrogens with zero attached hydrogens (tertiary/aromatic N) is 4. The summed E-state index contributed by atoms with van der Waals surface area (Å²) < 4.78 is 7.67. The highest BCUT2D eigenvalue weighted by Crippen LogP contribution is 2.68. The number of para-hydroxylation sites is 2. The molecule has 0 amide bonds. The first-order valence-electron chi connectivity index (χ1n) is 48.1. The Labute approximate surface area is 804 Å². The Morgan fingerprint density at radius 1 is 0.210 bits per heavy atom. The Morgan fingerprint density at radius 2 is 0.536 bits per heavy atom. The van der Waals surface area contributed by atoms with Crippen LogP contribution in [0.25, 0.3) is 206 Å². The highest BCUT2D eigenvalue weighted by atomic mass is 32.1. The van der Waals surface area contributed by atoms with E-state index in [9.17, 15) is 0 Å². The van der Waals surface area contributed by atoms with Crippen LogP contribution in [0.3, 0.4) is 0 Å². The fraction of sp³-hybridized carbons (Fsp3) is 0.0455. The summed E-state index contributed by atoms with van der Waals surface area (Å²) in [5.74, 6) is 0. The predicted molar refractivity (Wildman–Crippen MR) is 576 cm³/mol. The zero-order chi connectivity index (χ0) is 90.3. The molecule has 32 rings (SSSR count). The lowest BCUT2D eigenvalue weighted by Crippen LogP contribution is -2.28. The molecule has 0 bridgehead atoms. The molecule has 0 N–H and O–H groups in total. The van der Waals surface area contributed by atoms with Gasteiger partial charge in [0, 0.05) is 102 Å². The molecule has 6 heterocycles. The van der Waals surface area contributed by atoms with Crippen LogP contribution >= 0.6 is 22.7 Å². The number of pyridine rings is 2. The molecule has 640 valence electrons. The molecule has 138 heavy (non-hydrogen) atoms. The third-order valence-electron chi connectivity index (χ3n) is 32.3. The maximum Gasteiger partial charge on any atom is 0.109 e. The predicted octanol–water partition coefficient (Wildman–Crippen LogP) is 34.1.